The first kappa shape index (κ1) is 15.7. The molecule has 0 fully saturated rings. The molecule has 3 nitrogen and oxygen atoms in total. The van der Waals surface area contributed by atoms with Crippen LogP contribution in [0.4, 0.5) is 0 Å². The summed E-state index contributed by atoms with van der Waals surface area (Å²) in [5.41, 5.74) is 8.71. The fourth-order valence-electron chi connectivity index (χ4n) is 2.31. The lowest BCUT2D eigenvalue weighted by Gasteiger charge is -2.19. The number of aryl methyl sites for hydroxylation is 2. The van der Waals surface area contributed by atoms with Crippen molar-refractivity contribution in [1.29, 1.82) is 0 Å². The van der Waals surface area contributed by atoms with Crippen LogP contribution in [-0.4, -0.2) is 15.8 Å². The van der Waals surface area contributed by atoms with Gasteiger partial charge in [0, 0.05) is 19.0 Å². The van der Waals surface area contributed by atoms with E-state index in [2.05, 4.69) is 53.4 Å². The van der Waals surface area contributed by atoms with Gasteiger partial charge < -0.3 is 5.73 Å². The number of halogens is 1. The van der Waals surface area contributed by atoms with Crippen LogP contribution in [-0.2, 0) is 19.4 Å². The second-order valence-corrected chi connectivity index (χ2v) is 5.80. The minimum Gasteiger partial charge on any atom is -0.327 e. The van der Waals surface area contributed by atoms with Crippen molar-refractivity contribution in [1.82, 2.24) is 9.78 Å². The molecule has 1 rings (SSSR count). The monoisotopic (exact) mass is 315 g/mol. The number of nitrogens with zero attached hydrogens (tertiary/aromatic N) is 2. The van der Waals surface area contributed by atoms with Crippen LogP contribution in [0.25, 0.3) is 0 Å². The quantitative estimate of drug-likeness (QED) is 0.836. The van der Waals surface area contributed by atoms with E-state index in [1.54, 1.807) is 0 Å². The first-order valence-electron chi connectivity index (χ1n) is 7.04. The molecular weight excluding hydrogens is 290 g/mol. The van der Waals surface area contributed by atoms with E-state index in [1.165, 1.54) is 18.5 Å². The highest BCUT2D eigenvalue weighted by Gasteiger charge is 2.19. The Morgan fingerprint density at radius 2 is 2.00 bits per heavy atom. The van der Waals surface area contributed by atoms with E-state index in [1.807, 2.05) is 0 Å². The molecule has 1 aromatic heterocycles. The predicted octanol–water partition coefficient (Wildman–Crippen LogP) is 3.53. The summed E-state index contributed by atoms with van der Waals surface area (Å²) in [4.78, 5) is 0. The molecule has 0 aliphatic carbocycles. The number of aromatic nitrogens is 2. The molecule has 0 bridgehead atoms. The van der Waals surface area contributed by atoms with E-state index in [9.17, 15) is 0 Å². The summed E-state index contributed by atoms with van der Waals surface area (Å²) in [5, 5.41) is 4.62. The highest BCUT2D eigenvalue weighted by Crippen LogP contribution is 2.25. The highest BCUT2D eigenvalue weighted by atomic mass is 79.9. The van der Waals surface area contributed by atoms with E-state index in [-0.39, 0.29) is 6.04 Å². The van der Waals surface area contributed by atoms with Crippen molar-refractivity contribution < 1.29 is 0 Å². The summed E-state index contributed by atoms with van der Waals surface area (Å²) in [6, 6.07) is 0.216. The third-order valence-electron chi connectivity index (χ3n) is 3.60. The second kappa shape index (κ2) is 7.29. The van der Waals surface area contributed by atoms with Crippen molar-refractivity contribution in [3.8, 4) is 0 Å². The Labute approximate surface area is 119 Å². The summed E-state index contributed by atoms with van der Waals surface area (Å²) < 4.78 is 3.24. The Bertz CT molecular complexity index is 373. The van der Waals surface area contributed by atoms with Crippen LogP contribution in [0.15, 0.2) is 4.47 Å². The molecular formula is C14H26BrN3. The summed E-state index contributed by atoms with van der Waals surface area (Å²) in [6.45, 7) is 9.63. The Balaban J connectivity index is 2.85. The van der Waals surface area contributed by atoms with E-state index < -0.39 is 0 Å². The Kier molecular flexibility index (Phi) is 6.36. The number of nitrogens with two attached hydrogens (primary N) is 1. The zero-order valence-corrected chi connectivity index (χ0v) is 13.6. The molecule has 2 N–H and O–H groups in total. The van der Waals surface area contributed by atoms with Gasteiger partial charge in [0.05, 0.1) is 15.9 Å². The standard InChI is InChI=1S/C14H26BrN3/c1-5-8-10(4)11(16)9-13-14(15)12(6-2)17-18(13)7-3/h10-11H,5-9,16H2,1-4H3. The van der Waals surface area contributed by atoms with Gasteiger partial charge in [0.15, 0.2) is 0 Å². The smallest absolute Gasteiger partial charge is 0.0766 e. The molecule has 0 radical (unpaired) electrons. The molecule has 0 saturated heterocycles. The van der Waals surface area contributed by atoms with Gasteiger partial charge in [-0.1, -0.05) is 27.2 Å². The minimum atomic E-state index is 0.216. The molecule has 2 atom stereocenters. The van der Waals surface area contributed by atoms with E-state index >= 15 is 0 Å². The number of hydrogen-bond acceptors (Lipinski definition) is 2. The molecule has 18 heavy (non-hydrogen) atoms. The van der Waals surface area contributed by atoms with Crippen LogP contribution in [0.2, 0.25) is 0 Å². The van der Waals surface area contributed by atoms with Gasteiger partial charge in [0.1, 0.15) is 0 Å². The maximum absolute atomic E-state index is 6.32. The minimum absolute atomic E-state index is 0.216. The van der Waals surface area contributed by atoms with Gasteiger partial charge in [-0.25, -0.2) is 0 Å². The largest absolute Gasteiger partial charge is 0.327 e. The lowest BCUT2D eigenvalue weighted by Crippen LogP contribution is -2.31. The molecule has 0 aliphatic heterocycles. The lowest BCUT2D eigenvalue weighted by atomic mass is 9.94. The van der Waals surface area contributed by atoms with E-state index in [4.69, 9.17) is 5.73 Å². The van der Waals surface area contributed by atoms with Crippen LogP contribution in [0.1, 0.15) is 51.9 Å². The van der Waals surface area contributed by atoms with E-state index in [0.717, 1.165) is 29.6 Å². The summed E-state index contributed by atoms with van der Waals surface area (Å²) >= 11 is 3.68. The molecule has 0 saturated carbocycles. The average Bonchev–Trinajstić information content (AvgIpc) is 2.66. The van der Waals surface area contributed by atoms with Crippen LogP contribution in [0.5, 0.6) is 0 Å². The van der Waals surface area contributed by atoms with Crippen molar-refractivity contribution in [3.05, 3.63) is 15.9 Å². The number of hydrogen-bond donors (Lipinski definition) is 1. The molecule has 104 valence electrons. The normalized spacial score (nSPS) is 14.8. The predicted molar refractivity (Wildman–Crippen MR) is 80.7 cm³/mol. The zero-order chi connectivity index (χ0) is 13.7. The topological polar surface area (TPSA) is 43.8 Å². The van der Waals surface area contributed by atoms with Crippen molar-refractivity contribution >= 4 is 15.9 Å². The Morgan fingerprint density at radius 3 is 2.50 bits per heavy atom. The summed E-state index contributed by atoms with van der Waals surface area (Å²) in [7, 11) is 0. The average molecular weight is 316 g/mol. The second-order valence-electron chi connectivity index (χ2n) is 5.01. The maximum atomic E-state index is 6.32. The summed E-state index contributed by atoms with van der Waals surface area (Å²) in [5.74, 6) is 0.562. The lowest BCUT2D eigenvalue weighted by molar-refractivity contribution is 0.410. The first-order chi connectivity index (χ1) is 8.54. The van der Waals surface area contributed by atoms with Gasteiger partial charge >= 0.3 is 0 Å². The van der Waals surface area contributed by atoms with Gasteiger partial charge in [-0.3, -0.25) is 4.68 Å². The van der Waals surface area contributed by atoms with Crippen molar-refractivity contribution in [2.45, 2.75) is 66.0 Å². The van der Waals surface area contributed by atoms with Gasteiger partial charge in [-0.05, 0) is 41.6 Å². The fraction of sp³-hybridized carbons (Fsp3) is 0.786. The van der Waals surface area contributed by atoms with Crippen LogP contribution >= 0.6 is 15.9 Å². The molecule has 0 aliphatic rings. The molecule has 0 spiro atoms. The SMILES string of the molecule is CCCC(C)C(N)Cc1c(Br)c(CC)nn1CC. The molecule has 4 heteroatoms. The first-order valence-corrected chi connectivity index (χ1v) is 7.83. The van der Waals surface area contributed by atoms with Gasteiger partial charge in [-0.2, -0.15) is 5.10 Å². The van der Waals surface area contributed by atoms with Crippen LogP contribution in [0.3, 0.4) is 0 Å². The van der Waals surface area contributed by atoms with Gasteiger partial charge in [-0.15, -0.1) is 0 Å². The van der Waals surface area contributed by atoms with Crippen molar-refractivity contribution in [2.75, 3.05) is 0 Å². The summed E-state index contributed by atoms with van der Waals surface area (Å²) in [6.07, 6.45) is 4.26. The van der Waals surface area contributed by atoms with Gasteiger partial charge in [0.2, 0.25) is 0 Å². The molecule has 1 aromatic rings. The molecule has 1 heterocycles. The van der Waals surface area contributed by atoms with E-state index in [0.29, 0.717) is 5.92 Å². The maximum Gasteiger partial charge on any atom is 0.0766 e. The Morgan fingerprint density at radius 1 is 1.33 bits per heavy atom. The van der Waals surface area contributed by atoms with Crippen molar-refractivity contribution in [2.24, 2.45) is 11.7 Å². The van der Waals surface area contributed by atoms with Crippen LogP contribution in [0, 0.1) is 5.92 Å². The third kappa shape index (κ3) is 3.58. The highest BCUT2D eigenvalue weighted by molar-refractivity contribution is 9.10. The Hall–Kier alpha value is -0.350. The fourth-order valence-corrected chi connectivity index (χ4v) is 3.03. The molecule has 2 unspecified atom stereocenters. The van der Waals surface area contributed by atoms with Crippen LogP contribution < -0.4 is 5.73 Å². The molecule has 0 aromatic carbocycles. The van der Waals surface area contributed by atoms with Crippen molar-refractivity contribution in [3.63, 3.8) is 0 Å². The molecule has 0 amide bonds. The zero-order valence-electron chi connectivity index (χ0n) is 12.0. The van der Waals surface area contributed by atoms with Gasteiger partial charge in [0.25, 0.3) is 0 Å². The third-order valence-corrected chi connectivity index (χ3v) is 4.51. The number of rotatable bonds is 7.